The number of alkyl halides is 3. The Kier molecular flexibility index (Phi) is 10.1. The number of urea groups is 1. The fourth-order valence-corrected chi connectivity index (χ4v) is 4.87. The maximum atomic E-state index is 13.2. The molecule has 14 heteroatoms. The average molecular weight is 553 g/mol. The predicted octanol–water partition coefficient (Wildman–Crippen LogP) is 2.91. The van der Waals surface area contributed by atoms with E-state index >= 15 is 0 Å². The number of nitrogens with zero attached hydrogens (tertiary/aromatic N) is 2. The van der Waals surface area contributed by atoms with Gasteiger partial charge in [0.05, 0.1) is 23.4 Å². The highest BCUT2D eigenvalue weighted by Gasteiger charge is 2.35. The lowest BCUT2D eigenvalue weighted by Crippen LogP contribution is -2.52. The number of halogens is 3. The van der Waals surface area contributed by atoms with Crippen LogP contribution in [0.15, 0.2) is 18.2 Å². The fourth-order valence-electron chi connectivity index (χ4n) is 3.88. The summed E-state index contributed by atoms with van der Waals surface area (Å²) in [5.74, 6) is -2.70. The molecule has 3 atom stereocenters. The van der Waals surface area contributed by atoms with E-state index in [0.717, 1.165) is 6.07 Å². The largest absolute Gasteiger partial charge is 0.491 e. The number of hydrogen-bond donors (Lipinski definition) is 2. The normalized spacial score (nSPS) is 22.0. The molecule has 2 rings (SSSR count). The number of anilines is 1. The summed E-state index contributed by atoms with van der Waals surface area (Å²) in [5, 5.41) is 2.85. The van der Waals surface area contributed by atoms with Crippen molar-refractivity contribution in [2.75, 3.05) is 44.3 Å². The molecule has 2 N–H and O–H groups in total. The summed E-state index contributed by atoms with van der Waals surface area (Å²) in [6, 6.07) is 2.71. The molecule has 0 saturated carbocycles. The zero-order chi connectivity index (χ0) is 28.1. The molecule has 1 aromatic rings. The molecule has 37 heavy (non-hydrogen) atoms. The first-order valence-electron chi connectivity index (χ1n) is 11.7. The van der Waals surface area contributed by atoms with E-state index in [4.69, 9.17) is 9.47 Å². The lowest BCUT2D eigenvalue weighted by atomic mass is 10.0. The van der Waals surface area contributed by atoms with Crippen molar-refractivity contribution in [1.29, 1.82) is 0 Å². The van der Waals surface area contributed by atoms with Crippen molar-refractivity contribution in [3.05, 3.63) is 23.8 Å². The number of hydrogen-bond acceptors (Lipinski definition) is 6. The van der Waals surface area contributed by atoms with Gasteiger partial charge in [-0.3, -0.25) is 9.52 Å². The quantitative estimate of drug-likeness (QED) is 0.580. The molecule has 10 nitrogen and oxygen atoms in total. The van der Waals surface area contributed by atoms with Crippen molar-refractivity contribution >= 4 is 27.6 Å². The summed E-state index contributed by atoms with van der Waals surface area (Å²) in [7, 11) is -1.67. The van der Waals surface area contributed by atoms with Crippen LogP contribution in [0.2, 0.25) is 0 Å². The van der Waals surface area contributed by atoms with Crippen LogP contribution in [0.5, 0.6) is 5.75 Å². The Morgan fingerprint density at radius 1 is 1.24 bits per heavy atom. The number of methoxy groups -OCH3 is 1. The molecule has 1 aromatic carbocycles. The number of rotatable bonds is 5. The minimum atomic E-state index is -4.93. The number of sulfonamides is 1. The van der Waals surface area contributed by atoms with Gasteiger partial charge in [0.1, 0.15) is 12.4 Å². The Bertz CT molecular complexity index is 1070. The maximum absolute atomic E-state index is 13.2. The predicted molar refractivity (Wildman–Crippen MR) is 132 cm³/mol. The summed E-state index contributed by atoms with van der Waals surface area (Å²) in [4.78, 5) is 29.2. The van der Waals surface area contributed by atoms with E-state index in [0.29, 0.717) is 6.54 Å². The number of amides is 3. The average Bonchev–Trinajstić information content (AvgIpc) is 2.75. The highest BCUT2D eigenvalue weighted by Crippen LogP contribution is 2.28. The molecule has 0 bridgehead atoms. The van der Waals surface area contributed by atoms with E-state index < -0.39 is 40.0 Å². The summed E-state index contributed by atoms with van der Waals surface area (Å²) in [6.07, 6.45) is -5.34. The third-order valence-corrected chi connectivity index (χ3v) is 7.00. The molecular formula is C23H35F3N4O6S. The number of likely N-dealkylation sites (N-methyl/N-ethyl adjacent to an activating group) is 1. The van der Waals surface area contributed by atoms with Crippen LogP contribution in [0, 0.1) is 5.92 Å². The van der Waals surface area contributed by atoms with Crippen molar-refractivity contribution in [2.45, 2.75) is 52.1 Å². The van der Waals surface area contributed by atoms with E-state index in [1.165, 1.54) is 24.1 Å². The van der Waals surface area contributed by atoms with Crippen LogP contribution in [0.4, 0.5) is 23.7 Å². The molecule has 0 spiro atoms. The van der Waals surface area contributed by atoms with Gasteiger partial charge < -0.3 is 24.6 Å². The second kappa shape index (κ2) is 12.2. The number of carbonyl (C=O) groups is 2. The Labute approximate surface area is 215 Å². The molecule has 1 aliphatic rings. The number of nitrogens with one attached hydrogen (secondary N) is 2. The second-order valence-corrected chi connectivity index (χ2v) is 11.3. The molecule has 1 aliphatic heterocycles. The highest BCUT2D eigenvalue weighted by molar-refractivity contribution is 7.92. The van der Waals surface area contributed by atoms with Crippen molar-refractivity contribution in [3.63, 3.8) is 0 Å². The monoisotopic (exact) mass is 552 g/mol. The van der Waals surface area contributed by atoms with Gasteiger partial charge in [-0.1, -0.05) is 6.92 Å². The highest BCUT2D eigenvalue weighted by atomic mass is 32.2. The van der Waals surface area contributed by atoms with Crippen LogP contribution in [-0.4, -0.2) is 94.1 Å². The van der Waals surface area contributed by atoms with Crippen molar-refractivity contribution in [2.24, 2.45) is 5.92 Å². The van der Waals surface area contributed by atoms with Crippen LogP contribution in [0.25, 0.3) is 0 Å². The Balaban J connectivity index is 2.46. The first-order valence-corrected chi connectivity index (χ1v) is 13.4. The molecule has 0 aromatic heterocycles. The van der Waals surface area contributed by atoms with Crippen molar-refractivity contribution in [3.8, 4) is 5.75 Å². The Hall–Kier alpha value is -2.74. The first kappa shape index (κ1) is 30.5. The van der Waals surface area contributed by atoms with Gasteiger partial charge in [0, 0.05) is 45.3 Å². The third kappa shape index (κ3) is 8.95. The molecule has 0 fully saturated rings. The van der Waals surface area contributed by atoms with Crippen LogP contribution in [-0.2, 0) is 14.8 Å². The molecule has 210 valence electrons. The van der Waals surface area contributed by atoms with E-state index in [1.807, 2.05) is 25.5 Å². The standard InChI is InChI=1S/C23H35F3N4O6S/c1-14(2)27-22(32)30-10-15(3)20(35-6)11-29(5)21(31)18-8-7-17(9-19(18)36-12-16(30)4)28-37(33,34)13-23(24,25)26/h7-9,14-16,20,28H,10-13H2,1-6H3,(H,27,32)/t15-,16-,20-/m0/s1. The van der Waals surface area contributed by atoms with E-state index in [1.54, 1.807) is 18.9 Å². The summed E-state index contributed by atoms with van der Waals surface area (Å²) in [6.45, 7) is 7.74. The summed E-state index contributed by atoms with van der Waals surface area (Å²) < 4.78 is 75.2. The fraction of sp³-hybridized carbons (Fsp3) is 0.652. The summed E-state index contributed by atoms with van der Waals surface area (Å²) in [5.41, 5.74) is -0.120. The minimum absolute atomic E-state index is 0.0392. The van der Waals surface area contributed by atoms with Crippen molar-refractivity contribution in [1.82, 2.24) is 15.1 Å². The first-order chi connectivity index (χ1) is 17.0. The molecule has 1 heterocycles. The van der Waals surface area contributed by atoms with Gasteiger partial charge in [-0.25, -0.2) is 13.2 Å². The van der Waals surface area contributed by atoms with E-state index in [-0.39, 0.29) is 48.1 Å². The van der Waals surface area contributed by atoms with Gasteiger partial charge >= 0.3 is 12.2 Å². The smallest absolute Gasteiger partial charge is 0.404 e. The van der Waals surface area contributed by atoms with Gasteiger partial charge in [-0.2, -0.15) is 13.2 Å². The molecule has 0 aliphatic carbocycles. The lowest BCUT2D eigenvalue weighted by Gasteiger charge is -2.36. The van der Waals surface area contributed by atoms with Gasteiger partial charge in [0.15, 0.2) is 5.75 Å². The van der Waals surface area contributed by atoms with Crippen LogP contribution in [0.3, 0.4) is 0 Å². The molecule has 3 amide bonds. The van der Waals surface area contributed by atoms with E-state index in [2.05, 4.69) is 5.32 Å². The van der Waals surface area contributed by atoms with E-state index in [9.17, 15) is 31.2 Å². The Morgan fingerprint density at radius 2 is 1.89 bits per heavy atom. The van der Waals surface area contributed by atoms with Crippen LogP contribution >= 0.6 is 0 Å². The zero-order valence-electron chi connectivity index (χ0n) is 21.8. The number of carbonyl (C=O) groups excluding carboxylic acids is 2. The van der Waals surface area contributed by atoms with Crippen LogP contribution in [0.1, 0.15) is 38.1 Å². The number of benzene rings is 1. The summed E-state index contributed by atoms with van der Waals surface area (Å²) >= 11 is 0. The second-order valence-electron chi connectivity index (χ2n) is 9.54. The molecular weight excluding hydrogens is 517 g/mol. The molecule has 0 radical (unpaired) electrons. The SMILES string of the molecule is CO[C@H]1CN(C)C(=O)c2ccc(NS(=O)(=O)CC(F)(F)F)cc2OC[C@H](C)N(C(=O)NC(C)C)C[C@@H]1C. The molecule has 0 unspecified atom stereocenters. The maximum Gasteiger partial charge on any atom is 0.404 e. The Morgan fingerprint density at radius 3 is 2.46 bits per heavy atom. The molecule has 0 saturated heterocycles. The number of fused-ring (bicyclic) bond motifs is 1. The van der Waals surface area contributed by atoms with Crippen LogP contribution < -0.4 is 14.8 Å². The number of ether oxygens (including phenoxy) is 2. The zero-order valence-corrected chi connectivity index (χ0v) is 22.6. The lowest BCUT2D eigenvalue weighted by molar-refractivity contribution is -0.106. The topological polar surface area (TPSA) is 117 Å². The van der Waals surface area contributed by atoms with Gasteiger partial charge in [-0.15, -0.1) is 0 Å². The van der Waals surface area contributed by atoms with Gasteiger partial charge in [0.25, 0.3) is 5.91 Å². The van der Waals surface area contributed by atoms with Gasteiger partial charge in [-0.05, 0) is 32.9 Å². The minimum Gasteiger partial charge on any atom is -0.491 e. The van der Waals surface area contributed by atoms with Gasteiger partial charge in [0.2, 0.25) is 10.0 Å². The third-order valence-electron chi connectivity index (χ3n) is 5.75. The van der Waals surface area contributed by atoms with Crippen molar-refractivity contribution < 1.29 is 40.7 Å².